The van der Waals surface area contributed by atoms with E-state index >= 15 is 0 Å². The maximum atomic E-state index is 12.7. The lowest BCUT2D eigenvalue weighted by molar-refractivity contribution is -0.137. The predicted molar refractivity (Wildman–Crippen MR) is 86.7 cm³/mol. The smallest absolute Gasteiger partial charge is 0.293 e. The van der Waals surface area contributed by atoms with Gasteiger partial charge in [-0.25, -0.2) is 4.68 Å². The Morgan fingerprint density at radius 1 is 1.00 bits per heavy atom. The van der Waals surface area contributed by atoms with Crippen molar-refractivity contribution in [2.75, 3.05) is 0 Å². The summed E-state index contributed by atoms with van der Waals surface area (Å²) in [6.07, 6.45) is -4.46. The summed E-state index contributed by atoms with van der Waals surface area (Å²) in [4.78, 5) is 12.4. The van der Waals surface area contributed by atoms with Crippen molar-refractivity contribution in [2.45, 2.75) is 13.1 Å². The molecule has 0 spiro atoms. The Balaban J connectivity index is 1.96. The Bertz CT molecular complexity index is 972. The molecule has 3 rings (SSSR count). The minimum atomic E-state index is -4.46. The molecule has 25 heavy (non-hydrogen) atoms. The molecular weight excluding hydrogens is 333 g/mol. The van der Waals surface area contributed by atoms with E-state index in [1.165, 1.54) is 16.8 Å². The number of rotatable bonds is 3. The Morgan fingerprint density at radius 2 is 1.72 bits per heavy atom. The fourth-order valence-corrected chi connectivity index (χ4v) is 2.27. The number of aromatic amines is 1. The summed E-state index contributed by atoms with van der Waals surface area (Å²) in [5, 5.41) is 10.5. The van der Waals surface area contributed by atoms with Crippen LogP contribution in [0.4, 0.5) is 24.5 Å². The number of H-pyrrole nitrogens is 1. The maximum absolute atomic E-state index is 12.7. The SMILES string of the molecule is Cc1[nH]n(-c2ccccc2)c(=O)c1N=Nc1cccc(C(F)(F)F)c1. The highest BCUT2D eigenvalue weighted by molar-refractivity contribution is 5.45. The molecule has 8 heteroatoms. The van der Waals surface area contributed by atoms with Crippen LogP contribution in [0.25, 0.3) is 5.69 Å². The molecule has 0 bridgehead atoms. The summed E-state index contributed by atoms with van der Waals surface area (Å²) >= 11 is 0. The molecule has 3 aromatic rings. The van der Waals surface area contributed by atoms with Crippen molar-refractivity contribution in [2.24, 2.45) is 10.2 Å². The number of hydrogen-bond donors (Lipinski definition) is 1. The van der Waals surface area contributed by atoms with Gasteiger partial charge in [0.05, 0.1) is 22.6 Å². The van der Waals surface area contributed by atoms with Crippen molar-refractivity contribution in [3.8, 4) is 5.69 Å². The quantitative estimate of drug-likeness (QED) is 0.673. The zero-order chi connectivity index (χ0) is 18.0. The van der Waals surface area contributed by atoms with Crippen molar-refractivity contribution in [3.63, 3.8) is 0 Å². The molecule has 0 saturated carbocycles. The zero-order valence-electron chi connectivity index (χ0n) is 13.1. The molecule has 0 unspecified atom stereocenters. The number of halogens is 3. The molecule has 0 aliphatic rings. The molecule has 5 nitrogen and oxygen atoms in total. The van der Waals surface area contributed by atoms with Crippen LogP contribution in [-0.2, 0) is 6.18 Å². The molecule has 2 aromatic carbocycles. The lowest BCUT2D eigenvalue weighted by Gasteiger charge is -2.05. The number of aromatic nitrogens is 2. The number of benzene rings is 2. The second kappa shape index (κ2) is 6.39. The number of hydrogen-bond acceptors (Lipinski definition) is 3. The summed E-state index contributed by atoms with van der Waals surface area (Å²) < 4.78 is 39.5. The second-order valence-electron chi connectivity index (χ2n) is 5.31. The lowest BCUT2D eigenvalue weighted by atomic mass is 10.2. The summed E-state index contributed by atoms with van der Waals surface area (Å²) in [6, 6.07) is 13.3. The third-order valence-corrected chi connectivity index (χ3v) is 3.49. The largest absolute Gasteiger partial charge is 0.416 e. The van der Waals surface area contributed by atoms with E-state index in [2.05, 4.69) is 15.3 Å². The van der Waals surface area contributed by atoms with E-state index in [0.29, 0.717) is 11.4 Å². The third-order valence-electron chi connectivity index (χ3n) is 3.49. The van der Waals surface area contributed by atoms with Crippen molar-refractivity contribution in [1.29, 1.82) is 0 Å². The minimum Gasteiger partial charge on any atom is -0.293 e. The fourth-order valence-electron chi connectivity index (χ4n) is 2.27. The van der Waals surface area contributed by atoms with Gasteiger partial charge in [0.2, 0.25) is 0 Å². The van der Waals surface area contributed by atoms with Gasteiger partial charge in [0.15, 0.2) is 5.69 Å². The van der Waals surface area contributed by atoms with Crippen LogP contribution in [0, 0.1) is 6.92 Å². The van der Waals surface area contributed by atoms with Crippen LogP contribution < -0.4 is 5.56 Å². The van der Waals surface area contributed by atoms with Crippen LogP contribution in [0.3, 0.4) is 0 Å². The number of alkyl halides is 3. The van der Waals surface area contributed by atoms with Crippen LogP contribution >= 0.6 is 0 Å². The fraction of sp³-hybridized carbons (Fsp3) is 0.118. The monoisotopic (exact) mass is 346 g/mol. The first kappa shape index (κ1) is 16.7. The highest BCUT2D eigenvalue weighted by Gasteiger charge is 2.30. The molecule has 1 heterocycles. The Labute approximate surface area is 140 Å². The molecule has 0 amide bonds. The number of aryl methyl sites for hydroxylation is 1. The van der Waals surface area contributed by atoms with Gasteiger partial charge in [-0.3, -0.25) is 9.89 Å². The van der Waals surface area contributed by atoms with Crippen LogP contribution in [0.2, 0.25) is 0 Å². The summed E-state index contributed by atoms with van der Waals surface area (Å²) in [7, 11) is 0. The topological polar surface area (TPSA) is 62.5 Å². The highest BCUT2D eigenvalue weighted by Crippen LogP contribution is 2.31. The number of nitrogens with zero attached hydrogens (tertiary/aromatic N) is 3. The Kier molecular flexibility index (Phi) is 4.26. The van der Waals surface area contributed by atoms with Gasteiger partial charge in [-0.1, -0.05) is 24.3 Å². The molecule has 0 aliphatic carbocycles. The van der Waals surface area contributed by atoms with Crippen molar-refractivity contribution >= 4 is 11.4 Å². The lowest BCUT2D eigenvalue weighted by Crippen LogP contribution is -2.13. The third kappa shape index (κ3) is 3.52. The highest BCUT2D eigenvalue weighted by atomic mass is 19.4. The van der Waals surface area contributed by atoms with Gasteiger partial charge in [-0.15, -0.1) is 5.11 Å². The van der Waals surface area contributed by atoms with E-state index in [4.69, 9.17) is 0 Å². The predicted octanol–water partition coefficient (Wildman–Crippen LogP) is 4.91. The first-order valence-electron chi connectivity index (χ1n) is 7.32. The minimum absolute atomic E-state index is 0.0149. The van der Waals surface area contributed by atoms with E-state index in [-0.39, 0.29) is 11.4 Å². The molecule has 0 fully saturated rings. The van der Waals surface area contributed by atoms with E-state index in [1.54, 1.807) is 31.2 Å². The normalized spacial score (nSPS) is 12.0. The average Bonchev–Trinajstić information content (AvgIpc) is 2.88. The van der Waals surface area contributed by atoms with E-state index in [9.17, 15) is 18.0 Å². The molecule has 0 radical (unpaired) electrons. The van der Waals surface area contributed by atoms with Crippen LogP contribution in [-0.4, -0.2) is 9.78 Å². The Hall–Kier alpha value is -3.16. The van der Waals surface area contributed by atoms with Crippen LogP contribution in [0.15, 0.2) is 69.6 Å². The van der Waals surface area contributed by atoms with Gasteiger partial charge in [-0.2, -0.15) is 18.3 Å². The van der Waals surface area contributed by atoms with Crippen molar-refractivity contribution in [1.82, 2.24) is 9.78 Å². The standard InChI is InChI=1S/C17H13F3N4O/c1-11-15(16(25)24(23-11)14-8-3-2-4-9-14)22-21-13-7-5-6-12(10-13)17(18,19)20/h2-10,23H,1H3. The molecule has 0 atom stereocenters. The molecular formula is C17H13F3N4O. The average molecular weight is 346 g/mol. The number of nitrogens with one attached hydrogen (secondary N) is 1. The van der Waals surface area contributed by atoms with Crippen LogP contribution in [0.1, 0.15) is 11.3 Å². The first-order valence-corrected chi connectivity index (χ1v) is 7.32. The molecule has 128 valence electrons. The van der Waals surface area contributed by atoms with Gasteiger partial charge in [0.25, 0.3) is 5.56 Å². The van der Waals surface area contributed by atoms with Gasteiger partial charge in [0.1, 0.15) is 0 Å². The molecule has 0 saturated heterocycles. The summed E-state index contributed by atoms with van der Waals surface area (Å²) in [5.74, 6) is 0. The van der Waals surface area contributed by atoms with Crippen molar-refractivity contribution < 1.29 is 13.2 Å². The van der Waals surface area contributed by atoms with E-state index in [1.807, 2.05) is 6.07 Å². The molecule has 1 N–H and O–H groups in total. The van der Waals surface area contributed by atoms with E-state index in [0.717, 1.165) is 12.1 Å². The summed E-state index contributed by atoms with van der Waals surface area (Å²) in [5.41, 5.74) is -0.112. The van der Waals surface area contributed by atoms with E-state index < -0.39 is 17.3 Å². The van der Waals surface area contributed by atoms with Gasteiger partial charge in [-0.05, 0) is 37.3 Å². The summed E-state index contributed by atoms with van der Waals surface area (Å²) in [6.45, 7) is 1.64. The zero-order valence-corrected chi connectivity index (χ0v) is 13.1. The second-order valence-corrected chi connectivity index (χ2v) is 5.31. The number of para-hydroxylation sites is 1. The maximum Gasteiger partial charge on any atom is 0.416 e. The number of azo groups is 1. The molecule has 1 aromatic heterocycles. The first-order chi connectivity index (χ1) is 11.9. The Morgan fingerprint density at radius 3 is 2.40 bits per heavy atom. The van der Waals surface area contributed by atoms with Gasteiger partial charge < -0.3 is 0 Å². The van der Waals surface area contributed by atoms with Crippen molar-refractivity contribution in [3.05, 3.63) is 76.2 Å². The van der Waals surface area contributed by atoms with Crippen LogP contribution in [0.5, 0.6) is 0 Å². The van der Waals surface area contributed by atoms with Gasteiger partial charge in [0, 0.05) is 0 Å². The molecule has 0 aliphatic heterocycles. The van der Waals surface area contributed by atoms with Gasteiger partial charge >= 0.3 is 6.18 Å².